The molecule has 10 aliphatic carbocycles. The lowest BCUT2D eigenvalue weighted by Crippen LogP contribution is -2.59. The van der Waals surface area contributed by atoms with Gasteiger partial charge in [0.2, 0.25) is 0 Å². The third kappa shape index (κ3) is 4.00. The molecule has 9 saturated carbocycles. The minimum atomic E-state index is 0.226. The van der Waals surface area contributed by atoms with E-state index >= 15 is 0 Å². The summed E-state index contributed by atoms with van der Waals surface area (Å²) >= 11 is 0. The van der Waals surface area contributed by atoms with Crippen molar-refractivity contribution in [2.75, 3.05) is 0 Å². The van der Waals surface area contributed by atoms with Gasteiger partial charge in [0.15, 0.2) is 0 Å². The van der Waals surface area contributed by atoms with Gasteiger partial charge in [0.05, 0.1) is 0 Å². The molecule has 0 spiro atoms. The summed E-state index contributed by atoms with van der Waals surface area (Å²) in [6.07, 6.45) is 33.9. The molecular formula is C44H68N4. The fraction of sp³-hybridized carbons (Fsp3) is 0.955. The van der Waals surface area contributed by atoms with Gasteiger partial charge in [-0.2, -0.15) is 0 Å². The Morgan fingerprint density at radius 1 is 0.604 bits per heavy atom. The summed E-state index contributed by atoms with van der Waals surface area (Å²) in [4.78, 5) is 6.87. The first-order valence-corrected chi connectivity index (χ1v) is 22.4. The molecule has 0 amide bonds. The van der Waals surface area contributed by atoms with Crippen LogP contribution in [0, 0.1) is 65.1 Å². The molecule has 2 saturated heterocycles. The van der Waals surface area contributed by atoms with Crippen LogP contribution in [0.25, 0.3) is 0 Å². The van der Waals surface area contributed by atoms with E-state index in [0.29, 0.717) is 17.4 Å². The van der Waals surface area contributed by atoms with Crippen LogP contribution in [-0.2, 0) is 0 Å². The number of allylic oxidation sites excluding steroid dienone is 2. The van der Waals surface area contributed by atoms with Crippen LogP contribution in [0.3, 0.4) is 0 Å². The Kier molecular flexibility index (Phi) is 6.78. The maximum Gasteiger partial charge on any atom is 0.0223 e. The second-order valence-electron chi connectivity index (χ2n) is 21.0. The SMILES string of the molecule is NC(C1CCCCC1)C(N)C1CCC(N2C3CCCCC3C3C4CC(C32)C2C4C3C4CC5CC5=C4CCC3N2C23CCC(CC2)C3)CC1. The van der Waals surface area contributed by atoms with E-state index in [0.717, 1.165) is 83.5 Å². The van der Waals surface area contributed by atoms with E-state index in [2.05, 4.69) is 15.4 Å². The van der Waals surface area contributed by atoms with Crippen LogP contribution in [0.2, 0.25) is 0 Å². The summed E-state index contributed by atoms with van der Waals surface area (Å²) in [5.74, 6) is 10.6. The van der Waals surface area contributed by atoms with Crippen molar-refractivity contribution >= 4 is 0 Å². The zero-order chi connectivity index (χ0) is 31.5. The molecule has 4 bridgehead atoms. The molecule has 0 aromatic rings. The highest BCUT2D eigenvalue weighted by atomic mass is 15.3. The van der Waals surface area contributed by atoms with Crippen molar-refractivity contribution in [3.8, 4) is 0 Å². The van der Waals surface area contributed by atoms with Gasteiger partial charge < -0.3 is 11.5 Å². The predicted octanol–water partition coefficient (Wildman–Crippen LogP) is 8.04. The third-order valence-corrected chi connectivity index (χ3v) is 19.7. The summed E-state index contributed by atoms with van der Waals surface area (Å²) in [7, 11) is 0. The van der Waals surface area contributed by atoms with Crippen LogP contribution in [0.5, 0.6) is 0 Å². The number of likely N-dealkylation sites (tertiary alicyclic amines) is 2. The van der Waals surface area contributed by atoms with Crippen molar-refractivity contribution in [3.63, 3.8) is 0 Å². The van der Waals surface area contributed by atoms with E-state index in [4.69, 9.17) is 11.5 Å². The Morgan fingerprint density at radius 2 is 1.35 bits per heavy atom. The van der Waals surface area contributed by atoms with Crippen molar-refractivity contribution in [3.05, 3.63) is 11.1 Å². The molecule has 12 aliphatic rings. The first-order valence-electron chi connectivity index (χ1n) is 22.4. The Morgan fingerprint density at radius 3 is 2.12 bits per heavy atom. The zero-order valence-corrected chi connectivity index (χ0v) is 30.2. The van der Waals surface area contributed by atoms with Crippen LogP contribution < -0.4 is 11.5 Å². The first kappa shape index (κ1) is 30.1. The van der Waals surface area contributed by atoms with Crippen molar-refractivity contribution in [2.45, 2.75) is 196 Å². The van der Waals surface area contributed by atoms with E-state index < -0.39 is 0 Å². The lowest BCUT2D eigenvalue weighted by Gasteiger charge is -2.51. The molecule has 48 heavy (non-hydrogen) atoms. The second-order valence-corrected chi connectivity index (χ2v) is 21.0. The number of nitrogens with two attached hydrogens (primary N) is 2. The minimum absolute atomic E-state index is 0.226. The summed E-state index contributed by atoms with van der Waals surface area (Å²) in [5, 5.41) is 0. The highest BCUT2D eigenvalue weighted by molar-refractivity contribution is 5.41. The van der Waals surface area contributed by atoms with Gasteiger partial charge in [0, 0.05) is 47.8 Å². The average Bonchev–Trinajstić information content (AvgIpc) is 3.81. The van der Waals surface area contributed by atoms with Crippen LogP contribution in [-0.4, -0.2) is 57.6 Å². The standard InChI is InChI=1S/C44H68N4/c45-40(25-6-2-1-3-7-25)41(46)26-10-12-28(13-11-26)47-35-9-5-4-8-30(35)37-33-22-34(42(37)47)43-39(33)38-32-21-27-20-31(27)29(32)14-15-36(38)48(43)44-18-16-24(23-44)17-19-44/h24-28,30,32-43H,1-23,45-46H2. The van der Waals surface area contributed by atoms with Crippen LogP contribution in [0.4, 0.5) is 0 Å². The number of fused-ring (bicyclic) bond motifs is 17. The number of rotatable bonds is 5. The highest BCUT2D eigenvalue weighted by Crippen LogP contribution is 2.74. The quantitative estimate of drug-likeness (QED) is 0.295. The first-order chi connectivity index (χ1) is 23.6. The van der Waals surface area contributed by atoms with Crippen LogP contribution >= 0.6 is 0 Å². The van der Waals surface area contributed by atoms with E-state index in [1.807, 2.05) is 5.57 Å². The van der Waals surface area contributed by atoms with Gasteiger partial charge in [0.1, 0.15) is 0 Å². The predicted molar refractivity (Wildman–Crippen MR) is 193 cm³/mol. The summed E-state index contributed by atoms with van der Waals surface area (Å²) in [6.45, 7) is 0. The Labute approximate surface area is 292 Å². The average molecular weight is 653 g/mol. The maximum absolute atomic E-state index is 7.08. The van der Waals surface area contributed by atoms with Crippen LogP contribution in [0.1, 0.15) is 148 Å². The zero-order valence-electron chi connectivity index (χ0n) is 30.2. The molecule has 0 radical (unpaired) electrons. The largest absolute Gasteiger partial charge is 0.326 e. The monoisotopic (exact) mass is 653 g/mol. The molecule has 14 unspecified atom stereocenters. The summed E-state index contributed by atoms with van der Waals surface area (Å²) in [5.41, 5.74) is 18.7. The molecule has 4 nitrogen and oxygen atoms in total. The van der Waals surface area contributed by atoms with Gasteiger partial charge in [-0.1, -0.05) is 43.3 Å². The molecule has 4 heteroatoms. The minimum Gasteiger partial charge on any atom is -0.326 e. The summed E-state index contributed by atoms with van der Waals surface area (Å²) in [6, 6.07) is 4.98. The second kappa shape index (κ2) is 10.8. The molecular weight excluding hydrogens is 585 g/mol. The van der Waals surface area contributed by atoms with Gasteiger partial charge in [-0.25, -0.2) is 0 Å². The Bertz CT molecular complexity index is 1320. The van der Waals surface area contributed by atoms with Crippen molar-refractivity contribution in [1.82, 2.24) is 9.80 Å². The van der Waals surface area contributed by atoms with Gasteiger partial charge in [-0.3, -0.25) is 9.80 Å². The van der Waals surface area contributed by atoms with E-state index in [9.17, 15) is 0 Å². The fourth-order valence-corrected chi connectivity index (χ4v) is 18.2. The molecule has 0 aromatic carbocycles. The van der Waals surface area contributed by atoms with E-state index in [-0.39, 0.29) is 12.1 Å². The normalized spacial score (nSPS) is 56.5. The Balaban J connectivity index is 0.856. The van der Waals surface area contributed by atoms with E-state index in [1.54, 1.807) is 51.4 Å². The molecule has 4 N–H and O–H groups in total. The number of nitrogens with zero attached hydrogens (tertiary/aromatic N) is 2. The lowest BCUT2D eigenvalue weighted by atomic mass is 9.61. The van der Waals surface area contributed by atoms with Crippen molar-refractivity contribution < 1.29 is 0 Å². The van der Waals surface area contributed by atoms with Gasteiger partial charge in [-0.05, 0) is 181 Å². The molecule has 0 aromatic heterocycles. The molecule has 12 rings (SSSR count). The topological polar surface area (TPSA) is 58.5 Å². The van der Waals surface area contributed by atoms with E-state index in [1.165, 1.54) is 96.3 Å². The highest BCUT2D eigenvalue weighted by Gasteiger charge is 2.75. The van der Waals surface area contributed by atoms with Gasteiger partial charge in [-0.15, -0.1) is 0 Å². The van der Waals surface area contributed by atoms with Gasteiger partial charge >= 0.3 is 0 Å². The fourth-order valence-electron chi connectivity index (χ4n) is 18.2. The number of hydrogen-bond donors (Lipinski definition) is 2. The maximum atomic E-state index is 7.08. The molecule has 14 atom stereocenters. The third-order valence-electron chi connectivity index (χ3n) is 19.7. The van der Waals surface area contributed by atoms with Crippen LogP contribution in [0.15, 0.2) is 11.1 Å². The molecule has 11 fully saturated rings. The molecule has 2 aliphatic heterocycles. The number of hydrogen-bond acceptors (Lipinski definition) is 4. The Hall–Kier alpha value is -0.420. The summed E-state index contributed by atoms with van der Waals surface area (Å²) < 4.78 is 0. The van der Waals surface area contributed by atoms with Crippen molar-refractivity contribution in [2.24, 2.45) is 76.6 Å². The van der Waals surface area contributed by atoms with Gasteiger partial charge in [0.25, 0.3) is 0 Å². The molecule has 264 valence electrons. The smallest absolute Gasteiger partial charge is 0.0223 e. The van der Waals surface area contributed by atoms with Crippen molar-refractivity contribution in [1.29, 1.82) is 0 Å². The molecule has 2 heterocycles. The lowest BCUT2D eigenvalue weighted by molar-refractivity contribution is -0.0263.